The van der Waals surface area contributed by atoms with Crippen LogP contribution in [0.2, 0.25) is 0 Å². The number of nitrogens with zero attached hydrogens (tertiary/aromatic N) is 1. The van der Waals surface area contributed by atoms with Crippen LogP contribution in [-0.4, -0.2) is 30.4 Å². The summed E-state index contributed by atoms with van der Waals surface area (Å²) in [5, 5.41) is 3.27. The Labute approximate surface area is 109 Å². The zero-order valence-electron chi connectivity index (χ0n) is 11.3. The van der Waals surface area contributed by atoms with Crippen molar-refractivity contribution in [1.82, 2.24) is 4.90 Å². The minimum atomic E-state index is 0.184. The third-order valence-electron chi connectivity index (χ3n) is 3.45. The van der Waals surface area contributed by atoms with Gasteiger partial charge in [0.25, 0.3) is 0 Å². The molecule has 1 aliphatic carbocycles. The lowest BCUT2D eigenvalue weighted by Crippen LogP contribution is -2.33. The molecule has 1 aliphatic rings. The number of carbonyl (C=O) groups excluding carboxylic acids is 1. The Morgan fingerprint density at radius 2 is 2.11 bits per heavy atom. The summed E-state index contributed by atoms with van der Waals surface area (Å²) in [5.41, 5.74) is 2.39. The Hall–Kier alpha value is -1.51. The fourth-order valence-corrected chi connectivity index (χ4v) is 2.14. The van der Waals surface area contributed by atoms with Gasteiger partial charge in [-0.2, -0.15) is 0 Å². The molecule has 1 aromatic rings. The highest BCUT2D eigenvalue weighted by Gasteiger charge is 2.29. The Kier molecular flexibility index (Phi) is 4.24. The monoisotopic (exact) mass is 246 g/mol. The van der Waals surface area contributed by atoms with Gasteiger partial charge in [-0.25, -0.2) is 0 Å². The van der Waals surface area contributed by atoms with Gasteiger partial charge in [0.2, 0.25) is 5.91 Å². The number of anilines is 1. The standard InChI is InChI=1S/C15H22N2O/c1-3-6-12-7-4-5-8-14(12)16-11-15(18)17(2)13-9-10-13/h4-5,7-8,13,16H,3,6,9-11H2,1-2H3. The SMILES string of the molecule is CCCc1ccccc1NCC(=O)N(C)C1CC1. The first kappa shape index (κ1) is 12.9. The van der Waals surface area contributed by atoms with E-state index in [-0.39, 0.29) is 5.91 Å². The van der Waals surface area contributed by atoms with Crippen molar-refractivity contribution in [2.24, 2.45) is 0 Å². The molecule has 1 N–H and O–H groups in total. The largest absolute Gasteiger partial charge is 0.376 e. The van der Waals surface area contributed by atoms with Gasteiger partial charge >= 0.3 is 0 Å². The van der Waals surface area contributed by atoms with Crippen LogP contribution in [0, 0.1) is 0 Å². The van der Waals surface area contributed by atoms with Gasteiger partial charge in [-0.3, -0.25) is 4.79 Å². The van der Waals surface area contributed by atoms with Gasteiger partial charge in [0.15, 0.2) is 0 Å². The zero-order valence-corrected chi connectivity index (χ0v) is 11.3. The van der Waals surface area contributed by atoms with Gasteiger partial charge in [0, 0.05) is 18.8 Å². The van der Waals surface area contributed by atoms with Crippen molar-refractivity contribution in [1.29, 1.82) is 0 Å². The van der Waals surface area contributed by atoms with Gasteiger partial charge in [-0.05, 0) is 30.9 Å². The van der Waals surface area contributed by atoms with Gasteiger partial charge in [-0.1, -0.05) is 31.5 Å². The van der Waals surface area contributed by atoms with Crippen LogP contribution in [0.1, 0.15) is 31.7 Å². The number of amides is 1. The first-order valence-electron chi connectivity index (χ1n) is 6.79. The Balaban J connectivity index is 1.90. The molecule has 0 unspecified atom stereocenters. The van der Waals surface area contributed by atoms with Crippen molar-refractivity contribution in [3.8, 4) is 0 Å². The summed E-state index contributed by atoms with van der Waals surface area (Å²) in [5.74, 6) is 0.184. The Bertz CT molecular complexity index is 413. The third-order valence-corrected chi connectivity index (χ3v) is 3.45. The number of aryl methyl sites for hydroxylation is 1. The lowest BCUT2D eigenvalue weighted by atomic mass is 10.1. The average Bonchev–Trinajstić information content (AvgIpc) is 3.21. The number of hydrogen-bond donors (Lipinski definition) is 1. The third kappa shape index (κ3) is 3.25. The van der Waals surface area contributed by atoms with Crippen LogP contribution in [0.15, 0.2) is 24.3 Å². The van der Waals surface area contributed by atoms with Crippen molar-refractivity contribution in [2.45, 2.75) is 38.6 Å². The molecule has 0 radical (unpaired) electrons. The highest BCUT2D eigenvalue weighted by molar-refractivity contribution is 5.81. The molecule has 3 nitrogen and oxygen atoms in total. The smallest absolute Gasteiger partial charge is 0.241 e. The van der Waals surface area contributed by atoms with E-state index in [4.69, 9.17) is 0 Å². The van der Waals surface area contributed by atoms with E-state index in [1.807, 2.05) is 24.1 Å². The number of para-hydroxylation sites is 1. The second-order valence-electron chi connectivity index (χ2n) is 5.00. The maximum atomic E-state index is 11.9. The molecule has 0 atom stereocenters. The molecule has 18 heavy (non-hydrogen) atoms. The topological polar surface area (TPSA) is 32.3 Å². The summed E-state index contributed by atoms with van der Waals surface area (Å²) in [6.07, 6.45) is 4.49. The minimum Gasteiger partial charge on any atom is -0.376 e. The second kappa shape index (κ2) is 5.89. The summed E-state index contributed by atoms with van der Waals surface area (Å²) in [4.78, 5) is 13.8. The quantitative estimate of drug-likeness (QED) is 0.837. The van der Waals surface area contributed by atoms with Crippen molar-refractivity contribution >= 4 is 11.6 Å². The average molecular weight is 246 g/mol. The van der Waals surface area contributed by atoms with Crippen LogP contribution in [0.4, 0.5) is 5.69 Å². The van der Waals surface area contributed by atoms with E-state index in [0.29, 0.717) is 12.6 Å². The summed E-state index contributed by atoms with van der Waals surface area (Å²) in [7, 11) is 1.90. The van der Waals surface area contributed by atoms with Crippen LogP contribution < -0.4 is 5.32 Å². The summed E-state index contributed by atoms with van der Waals surface area (Å²) < 4.78 is 0. The Morgan fingerprint density at radius 1 is 1.39 bits per heavy atom. The van der Waals surface area contributed by atoms with E-state index in [0.717, 1.165) is 31.4 Å². The molecule has 2 rings (SSSR count). The van der Waals surface area contributed by atoms with E-state index >= 15 is 0 Å². The highest BCUT2D eigenvalue weighted by atomic mass is 16.2. The molecule has 0 aromatic heterocycles. The fraction of sp³-hybridized carbons (Fsp3) is 0.533. The number of nitrogens with one attached hydrogen (secondary N) is 1. The first-order valence-corrected chi connectivity index (χ1v) is 6.79. The zero-order chi connectivity index (χ0) is 13.0. The van der Waals surface area contributed by atoms with Crippen LogP contribution in [0.5, 0.6) is 0 Å². The minimum absolute atomic E-state index is 0.184. The van der Waals surface area contributed by atoms with Gasteiger partial charge in [0.05, 0.1) is 6.54 Å². The van der Waals surface area contributed by atoms with Gasteiger partial charge in [-0.15, -0.1) is 0 Å². The van der Waals surface area contributed by atoms with Crippen molar-refractivity contribution < 1.29 is 4.79 Å². The number of rotatable bonds is 6. The molecule has 0 spiro atoms. The van der Waals surface area contributed by atoms with E-state index < -0.39 is 0 Å². The molecular formula is C15H22N2O. The number of likely N-dealkylation sites (N-methyl/N-ethyl adjacent to an activating group) is 1. The number of hydrogen-bond acceptors (Lipinski definition) is 2. The molecule has 0 aliphatic heterocycles. The number of carbonyl (C=O) groups is 1. The maximum Gasteiger partial charge on any atom is 0.241 e. The summed E-state index contributed by atoms with van der Waals surface area (Å²) in [6, 6.07) is 8.73. The predicted molar refractivity (Wildman–Crippen MR) is 74.7 cm³/mol. The van der Waals surface area contributed by atoms with E-state index in [1.165, 1.54) is 5.56 Å². The molecule has 0 bridgehead atoms. The van der Waals surface area contributed by atoms with Crippen LogP contribution in [0.25, 0.3) is 0 Å². The molecule has 1 amide bonds. The molecular weight excluding hydrogens is 224 g/mol. The van der Waals surface area contributed by atoms with E-state index in [9.17, 15) is 4.79 Å². The Morgan fingerprint density at radius 3 is 2.78 bits per heavy atom. The molecule has 0 saturated heterocycles. The summed E-state index contributed by atoms with van der Waals surface area (Å²) in [6.45, 7) is 2.57. The van der Waals surface area contributed by atoms with Crippen molar-refractivity contribution in [3.63, 3.8) is 0 Å². The first-order chi connectivity index (χ1) is 8.72. The molecule has 98 valence electrons. The molecule has 1 fully saturated rings. The highest BCUT2D eigenvalue weighted by Crippen LogP contribution is 2.25. The van der Waals surface area contributed by atoms with Crippen molar-refractivity contribution in [3.05, 3.63) is 29.8 Å². The van der Waals surface area contributed by atoms with E-state index in [1.54, 1.807) is 0 Å². The molecule has 0 heterocycles. The van der Waals surface area contributed by atoms with Crippen molar-refractivity contribution in [2.75, 3.05) is 18.9 Å². The van der Waals surface area contributed by atoms with Gasteiger partial charge < -0.3 is 10.2 Å². The predicted octanol–water partition coefficient (Wildman–Crippen LogP) is 2.67. The normalized spacial score (nSPS) is 14.3. The van der Waals surface area contributed by atoms with Crippen LogP contribution in [-0.2, 0) is 11.2 Å². The molecule has 1 saturated carbocycles. The van der Waals surface area contributed by atoms with Crippen LogP contribution >= 0.6 is 0 Å². The summed E-state index contributed by atoms with van der Waals surface area (Å²) >= 11 is 0. The van der Waals surface area contributed by atoms with Gasteiger partial charge in [0.1, 0.15) is 0 Å². The molecule has 3 heteroatoms. The van der Waals surface area contributed by atoms with E-state index in [2.05, 4.69) is 24.4 Å². The maximum absolute atomic E-state index is 11.9. The lowest BCUT2D eigenvalue weighted by molar-refractivity contribution is -0.128. The fourth-order valence-electron chi connectivity index (χ4n) is 2.14. The molecule has 1 aromatic carbocycles. The lowest BCUT2D eigenvalue weighted by Gasteiger charge is -2.18. The van der Waals surface area contributed by atoms with Crippen LogP contribution in [0.3, 0.4) is 0 Å². The second-order valence-corrected chi connectivity index (χ2v) is 5.00. The number of benzene rings is 1.